The first-order valence-corrected chi connectivity index (χ1v) is 16.5. The molecule has 4 aliphatic rings. The van der Waals surface area contributed by atoms with Gasteiger partial charge in [-0.3, -0.25) is 24.2 Å². The van der Waals surface area contributed by atoms with Gasteiger partial charge in [0.05, 0.1) is 61.2 Å². The maximum absolute atomic E-state index is 14.7. The van der Waals surface area contributed by atoms with Crippen molar-refractivity contribution in [3.8, 4) is 11.5 Å². The molecule has 6 rings (SSSR count). The zero-order chi connectivity index (χ0) is 37.6. The van der Waals surface area contributed by atoms with Crippen molar-refractivity contribution in [1.82, 2.24) is 0 Å². The van der Waals surface area contributed by atoms with Crippen molar-refractivity contribution in [3.63, 3.8) is 0 Å². The summed E-state index contributed by atoms with van der Waals surface area (Å²) >= 11 is 3.31. The van der Waals surface area contributed by atoms with Crippen LogP contribution in [0.5, 0.6) is 11.5 Å². The molecule has 1 heterocycles. The Kier molecular flexibility index (Phi) is 9.12. The van der Waals surface area contributed by atoms with E-state index >= 15 is 0 Å². The zero-order valence-electron chi connectivity index (χ0n) is 27.8. The number of hydrogen-bond acceptors (Lipinski definition) is 16. The second-order valence-corrected chi connectivity index (χ2v) is 13.7. The average Bonchev–Trinajstić information content (AvgIpc) is 3.08. The smallest absolute Gasteiger partial charge is 0.341 e. The second-order valence-electron chi connectivity index (χ2n) is 12.9. The van der Waals surface area contributed by atoms with Gasteiger partial charge in [-0.1, -0.05) is 15.9 Å². The van der Waals surface area contributed by atoms with Crippen LogP contribution in [0.3, 0.4) is 0 Å². The Hall–Kier alpha value is -3.94. The summed E-state index contributed by atoms with van der Waals surface area (Å²) in [5.41, 5.74) is -10.5. The summed E-state index contributed by atoms with van der Waals surface area (Å²) in [6.45, 7) is 2.37. The van der Waals surface area contributed by atoms with E-state index in [9.17, 15) is 54.6 Å². The molecule has 0 aromatic heterocycles. The molecule has 17 heteroatoms. The van der Waals surface area contributed by atoms with Crippen LogP contribution < -0.4 is 0 Å². The highest BCUT2D eigenvalue weighted by molar-refractivity contribution is 9.10. The Morgan fingerprint density at radius 2 is 1.73 bits per heavy atom. The predicted molar refractivity (Wildman–Crippen MR) is 174 cm³/mol. The lowest BCUT2D eigenvalue weighted by molar-refractivity contribution is -0.206. The number of phenolic OH excluding ortho intramolecular Hbond substituents is 2. The first-order chi connectivity index (χ1) is 24.0. The van der Waals surface area contributed by atoms with Crippen LogP contribution in [0.2, 0.25) is 0 Å². The molecule has 1 fully saturated rings. The van der Waals surface area contributed by atoms with Crippen LogP contribution in [0.4, 0.5) is 0 Å². The fraction of sp³-hybridized carbons (Fsp3) is 0.471. The van der Waals surface area contributed by atoms with Gasteiger partial charge in [-0.15, -0.1) is 0 Å². The van der Waals surface area contributed by atoms with Crippen LogP contribution in [-0.2, 0) is 31.0 Å². The summed E-state index contributed by atoms with van der Waals surface area (Å²) in [6, 6.07) is 0.822. The van der Waals surface area contributed by atoms with Gasteiger partial charge in [0, 0.05) is 41.8 Å². The van der Waals surface area contributed by atoms with Crippen molar-refractivity contribution in [1.29, 1.82) is 0 Å². The number of esters is 1. The number of hydrogen-bond donors (Lipinski definition) is 6. The van der Waals surface area contributed by atoms with E-state index in [2.05, 4.69) is 20.9 Å². The van der Waals surface area contributed by atoms with E-state index in [0.29, 0.717) is 0 Å². The summed E-state index contributed by atoms with van der Waals surface area (Å²) in [6.07, 6.45) is -7.38. The van der Waals surface area contributed by atoms with Crippen molar-refractivity contribution >= 4 is 50.7 Å². The lowest BCUT2D eigenvalue weighted by Crippen LogP contribution is -2.73. The fourth-order valence-corrected chi connectivity index (χ4v) is 8.52. The largest absolute Gasteiger partial charge is 0.507 e. The normalized spacial score (nSPS) is 32.3. The minimum Gasteiger partial charge on any atom is -0.507 e. The maximum Gasteiger partial charge on any atom is 0.341 e. The molecule has 0 radical (unpaired) electrons. The highest BCUT2D eigenvalue weighted by Gasteiger charge is 2.73. The lowest BCUT2D eigenvalue weighted by atomic mass is 9.56. The number of rotatable bonds is 5. The van der Waals surface area contributed by atoms with Crippen LogP contribution in [0, 0.1) is 12.8 Å². The van der Waals surface area contributed by atoms with E-state index in [0.717, 1.165) is 20.3 Å². The van der Waals surface area contributed by atoms with E-state index in [1.54, 1.807) is 6.92 Å². The number of carbonyl (C=O) groups excluding carboxylic acids is 5. The number of ketones is 4. The Labute approximate surface area is 297 Å². The number of aliphatic hydroxyl groups excluding tert-OH is 3. The summed E-state index contributed by atoms with van der Waals surface area (Å²) in [7, 11) is 3.28. The molecular weight excluding hydrogens is 742 g/mol. The molecule has 2 aromatic rings. The average molecular weight is 777 g/mol. The molecule has 1 unspecified atom stereocenters. The second kappa shape index (κ2) is 12.6. The molecule has 1 aliphatic heterocycles. The number of carbonyl (C=O) groups is 5. The van der Waals surface area contributed by atoms with E-state index in [-0.39, 0.29) is 15.6 Å². The monoisotopic (exact) mass is 775 g/mol. The number of aromatic hydroxyl groups is 2. The van der Waals surface area contributed by atoms with Crippen molar-refractivity contribution in [2.75, 3.05) is 27.9 Å². The molecule has 51 heavy (non-hydrogen) atoms. The van der Waals surface area contributed by atoms with Gasteiger partial charge in [0.25, 0.3) is 0 Å². The minimum atomic E-state index is -3.28. The third-order valence-corrected chi connectivity index (χ3v) is 11.6. The number of Topliss-reactive ketones (excluding diaryl/α,β-unsaturated/α-hetero) is 4. The standard InChI is InChI=1S/C34H34BrNO15/c1-10-19(32(46)49-4)27(43)22-14(23(10)35)7-18(39)34(50-5)30(45)21-13(29(44)33(22,34)47)6-12-20(26(21)42)17(38)8-16(24(12)40)36-31-15(9-37)25(41)28(48-3)11(2)51-31/h6,11,15,18,25,28,31,37,39,41-43,47H,7-9H2,1-5H3/t11-,15?,18+,25-,28-,31-,33-,34+/m0/s1. The van der Waals surface area contributed by atoms with Gasteiger partial charge >= 0.3 is 5.97 Å². The fourth-order valence-electron chi connectivity index (χ4n) is 7.96. The number of benzene rings is 2. The first-order valence-electron chi connectivity index (χ1n) is 15.7. The molecule has 6 N–H and O–H groups in total. The van der Waals surface area contributed by atoms with Gasteiger partial charge in [-0.25, -0.2) is 4.79 Å². The van der Waals surface area contributed by atoms with Crippen LogP contribution >= 0.6 is 15.9 Å². The van der Waals surface area contributed by atoms with Gasteiger partial charge in [0.2, 0.25) is 17.3 Å². The highest BCUT2D eigenvalue weighted by atomic mass is 79.9. The highest BCUT2D eigenvalue weighted by Crippen LogP contribution is 2.58. The number of methoxy groups -OCH3 is 3. The molecule has 0 amide bonds. The molecule has 0 spiro atoms. The van der Waals surface area contributed by atoms with Gasteiger partial charge in [-0.05, 0) is 31.0 Å². The predicted octanol–water partition coefficient (Wildman–Crippen LogP) is 0.464. The molecule has 0 bridgehead atoms. The van der Waals surface area contributed by atoms with Gasteiger partial charge in [0.15, 0.2) is 23.2 Å². The summed E-state index contributed by atoms with van der Waals surface area (Å²) in [5, 5.41) is 67.8. The van der Waals surface area contributed by atoms with Gasteiger partial charge in [-0.2, -0.15) is 0 Å². The molecule has 0 saturated carbocycles. The van der Waals surface area contributed by atoms with Crippen molar-refractivity contribution in [2.24, 2.45) is 10.9 Å². The van der Waals surface area contributed by atoms with Crippen LogP contribution in [0.1, 0.15) is 81.8 Å². The first kappa shape index (κ1) is 36.8. The van der Waals surface area contributed by atoms with Crippen LogP contribution in [0.25, 0.3) is 0 Å². The Balaban J connectivity index is 1.57. The number of aliphatic imine (C=N–C) groups is 1. The molecular formula is C34H34BrNO15. The minimum absolute atomic E-state index is 0.0502. The van der Waals surface area contributed by atoms with E-state index in [4.69, 9.17) is 18.9 Å². The van der Waals surface area contributed by atoms with Gasteiger partial charge < -0.3 is 49.6 Å². The molecule has 2 aromatic carbocycles. The molecule has 3 aliphatic carbocycles. The molecule has 272 valence electrons. The quantitative estimate of drug-likeness (QED) is 0.226. The lowest BCUT2D eigenvalue weighted by Gasteiger charge is -2.53. The van der Waals surface area contributed by atoms with E-state index < -0.39 is 147 Å². The number of ether oxygens (including phenoxy) is 4. The summed E-state index contributed by atoms with van der Waals surface area (Å²) < 4.78 is 21.5. The number of phenols is 2. The summed E-state index contributed by atoms with van der Waals surface area (Å²) in [4.78, 5) is 73.7. The maximum atomic E-state index is 14.7. The Morgan fingerprint density at radius 1 is 1.06 bits per heavy atom. The number of nitrogens with zero attached hydrogens (tertiary/aromatic N) is 1. The molecule has 1 saturated heterocycles. The van der Waals surface area contributed by atoms with Crippen LogP contribution in [-0.4, -0.2) is 130 Å². The molecule has 8 atom stereocenters. The third kappa shape index (κ3) is 4.69. The third-order valence-electron chi connectivity index (χ3n) is 10.5. The van der Waals surface area contributed by atoms with E-state index in [1.165, 1.54) is 14.0 Å². The number of fused-ring (bicyclic) bond motifs is 5. The SMILES string of the molecule is COC(=O)c1c(C)c(Br)c2c(c1O)[C@]1(O)C(=O)c3cc4c(c(O)c3C(=O)[C@]1(OC)[C@H](O)C2)C(=O)CC(=N[C@H]1O[C@@H](C)[C@H](OC)[C@@H](O)C1CO)C4=O. The van der Waals surface area contributed by atoms with Crippen molar-refractivity contribution < 1.29 is 73.6 Å². The Bertz CT molecular complexity index is 1970. The Morgan fingerprint density at radius 3 is 2.31 bits per heavy atom. The van der Waals surface area contributed by atoms with Crippen molar-refractivity contribution in [3.05, 3.63) is 55.0 Å². The van der Waals surface area contributed by atoms with E-state index in [1.807, 2.05) is 0 Å². The summed E-state index contributed by atoms with van der Waals surface area (Å²) in [5.74, 6) is -8.83. The number of aliphatic hydroxyl groups is 4. The molecule has 16 nitrogen and oxygen atoms in total. The number of halogens is 1. The zero-order valence-corrected chi connectivity index (χ0v) is 29.4. The van der Waals surface area contributed by atoms with Crippen LogP contribution in [0.15, 0.2) is 15.5 Å². The van der Waals surface area contributed by atoms with Gasteiger partial charge in [0.1, 0.15) is 23.2 Å². The topological polar surface area (TPSA) is 256 Å². The van der Waals surface area contributed by atoms with Crippen molar-refractivity contribution in [2.45, 2.75) is 68.5 Å².